The molecule has 0 aliphatic heterocycles. The van der Waals surface area contributed by atoms with Crippen LogP contribution in [0.25, 0.3) is 0 Å². The van der Waals surface area contributed by atoms with Crippen molar-refractivity contribution in [3.05, 3.63) is 0 Å². The maximum atomic E-state index is 5.46. The van der Waals surface area contributed by atoms with Crippen molar-refractivity contribution in [1.29, 1.82) is 0 Å². The molecule has 0 aromatic carbocycles. The highest BCUT2D eigenvalue weighted by Crippen LogP contribution is 1.98. The number of hydrogen-bond acceptors (Lipinski definition) is 2. The molecule has 0 saturated carbocycles. The van der Waals surface area contributed by atoms with Crippen molar-refractivity contribution in [1.82, 2.24) is 0 Å². The van der Waals surface area contributed by atoms with Crippen LogP contribution in [0.3, 0.4) is 0 Å². The van der Waals surface area contributed by atoms with Crippen molar-refractivity contribution in [2.24, 2.45) is 0 Å². The van der Waals surface area contributed by atoms with E-state index < -0.39 is 0 Å². The first kappa shape index (κ1) is 10.3. The molecule has 1 atom stereocenters. The van der Waals surface area contributed by atoms with Crippen LogP contribution in [0.1, 0.15) is 33.1 Å². The molecule has 0 aromatic rings. The molecule has 0 saturated heterocycles. The van der Waals surface area contributed by atoms with Crippen molar-refractivity contribution in [2.45, 2.75) is 39.2 Å². The summed E-state index contributed by atoms with van der Waals surface area (Å²) in [6, 6.07) is 0. The third-order valence-electron chi connectivity index (χ3n) is 1.53. The minimum absolute atomic E-state index is 0.430. The average Bonchev–Trinajstić information content (AvgIpc) is 1.98. The zero-order valence-electron chi connectivity index (χ0n) is 6.97. The van der Waals surface area contributed by atoms with Gasteiger partial charge >= 0.3 is 0 Å². The second-order valence-electron chi connectivity index (χ2n) is 2.52. The highest BCUT2D eigenvalue weighted by atomic mass is 32.1. The molecule has 62 valence electrons. The second-order valence-corrected chi connectivity index (χ2v) is 2.97. The van der Waals surface area contributed by atoms with Gasteiger partial charge < -0.3 is 4.74 Å². The van der Waals surface area contributed by atoms with Gasteiger partial charge in [0.15, 0.2) is 0 Å². The van der Waals surface area contributed by atoms with E-state index in [0.717, 1.165) is 25.2 Å². The maximum absolute atomic E-state index is 5.46. The topological polar surface area (TPSA) is 9.23 Å². The molecule has 0 fully saturated rings. The summed E-state index contributed by atoms with van der Waals surface area (Å²) in [6.07, 6.45) is 3.86. The predicted molar refractivity (Wildman–Crippen MR) is 48.8 cm³/mol. The maximum Gasteiger partial charge on any atom is 0.0544 e. The summed E-state index contributed by atoms with van der Waals surface area (Å²) < 4.78 is 5.46. The fourth-order valence-electron chi connectivity index (χ4n) is 0.616. The Kier molecular flexibility index (Phi) is 7.65. The number of unbranched alkanes of at least 4 members (excludes halogenated alkanes) is 1. The van der Waals surface area contributed by atoms with E-state index in [0.29, 0.717) is 6.10 Å². The van der Waals surface area contributed by atoms with E-state index in [2.05, 4.69) is 26.5 Å². The van der Waals surface area contributed by atoms with E-state index in [1.54, 1.807) is 0 Å². The van der Waals surface area contributed by atoms with Gasteiger partial charge in [-0.25, -0.2) is 0 Å². The van der Waals surface area contributed by atoms with Gasteiger partial charge in [-0.05, 0) is 31.9 Å². The van der Waals surface area contributed by atoms with Gasteiger partial charge in [-0.15, -0.1) is 0 Å². The first-order valence-corrected chi connectivity index (χ1v) is 4.67. The van der Waals surface area contributed by atoms with Gasteiger partial charge in [0.05, 0.1) is 6.10 Å². The summed E-state index contributed by atoms with van der Waals surface area (Å²) in [7, 11) is 0. The number of hydrogen-bond donors (Lipinski definition) is 1. The molecular weight excluding hydrogens is 144 g/mol. The normalized spacial score (nSPS) is 13.5. The summed E-state index contributed by atoms with van der Waals surface area (Å²) in [6.45, 7) is 5.15. The van der Waals surface area contributed by atoms with Crippen molar-refractivity contribution in [3.8, 4) is 0 Å². The molecule has 0 aliphatic rings. The first-order valence-electron chi connectivity index (χ1n) is 4.03. The third-order valence-corrected chi connectivity index (χ3v) is 1.85. The molecule has 0 heterocycles. The SMILES string of the molecule is CCC(C)OCCCCS. The van der Waals surface area contributed by atoms with Crippen molar-refractivity contribution in [2.75, 3.05) is 12.4 Å². The lowest BCUT2D eigenvalue weighted by Crippen LogP contribution is -2.07. The highest BCUT2D eigenvalue weighted by Gasteiger charge is 1.95. The summed E-state index contributed by atoms with van der Waals surface area (Å²) in [5, 5.41) is 0. The van der Waals surface area contributed by atoms with Crippen LogP contribution in [-0.4, -0.2) is 18.5 Å². The lowest BCUT2D eigenvalue weighted by Gasteiger charge is -2.09. The molecular formula is C8H18OS. The minimum Gasteiger partial charge on any atom is -0.379 e. The Bertz CT molecular complexity index is 66.3. The van der Waals surface area contributed by atoms with Crippen molar-refractivity contribution >= 4 is 12.6 Å². The van der Waals surface area contributed by atoms with Crippen LogP contribution in [0.2, 0.25) is 0 Å². The molecule has 1 nitrogen and oxygen atoms in total. The van der Waals surface area contributed by atoms with Crippen molar-refractivity contribution < 1.29 is 4.74 Å². The van der Waals surface area contributed by atoms with E-state index in [1.807, 2.05) is 0 Å². The lowest BCUT2D eigenvalue weighted by atomic mass is 10.3. The Morgan fingerprint density at radius 1 is 1.40 bits per heavy atom. The molecule has 1 unspecified atom stereocenters. The zero-order chi connectivity index (χ0) is 7.82. The van der Waals surface area contributed by atoms with E-state index >= 15 is 0 Å². The Morgan fingerprint density at radius 2 is 2.10 bits per heavy atom. The van der Waals surface area contributed by atoms with Gasteiger partial charge in [-0.1, -0.05) is 6.92 Å². The van der Waals surface area contributed by atoms with Gasteiger partial charge in [0.25, 0.3) is 0 Å². The molecule has 0 rings (SSSR count). The van der Waals surface area contributed by atoms with Gasteiger partial charge in [0.2, 0.25) is 0 Å². The van der Waals surface area contributed by atoms with Crippen LogP contribution in [0.5, 0.6) is 0 Å². The summed E-state index contributed by atoms with van der Waals surface area (Å²) in [5.41, 5.74) is 0. The summed E-state index contributed by atoms with van der Waals surface area (Å²) in [4.78, 5) is 0. The Morgan fingerprint density at radius 3 is 2.60 bits per heavy atom. The van der Waals surface area contributed by atoms with Crippen LogP contribution in [-0.2, 0) is 4.74 Å². The van der Waals surface area contributed by atoms with Crippen LogP contribution < -0.4 is 0 Å². The van der Waals surface area contributed by atoms with Crippen LogP contribution in [0.4, 0.5) is 0 Å². The summed E-state index contributed by atoms with van der Waals surface area (Å²) >= 11 is 4.11. The van der Waals surface area contributed by atoms with Crippen molar-refractivity contribution in [3.63, 3.8) is 0 Å². The number of thiol groups is 1. The first-order chi connectivity index (χ1) is 4.81. The van der Waals surface area contributed by atoms with E-state index in [4.69, 9.17) is 4.74 Å². The van der Waals surface area contributed by atoms with Crippen LogP contribution >= 0.6 is 12.6 Å². The fourth-order valence-corrected chi connectivity index (χ4v) is 0.840. The highest BCUT2D eigenvalue weighted by molar-refractivity contribution is 7.80. The smallest absolute Gasteiger partial charge is 0.0544 e. The molecule has 0 amide bonds. The molecule has 0 radical (unpaired) electrons. The van der Waals surface area contributed by atoms with Crippen LogP contribution in [0, 0.1) is 0 Å². The Hall–Kier alpha value is 0.310. The molecule has 0 N–H and O–H groups in total. The molecule has 0 bridgehead atoms. The van der Waals surface area contributed by atoms with Gasteiger partial charge in [0, 0.05) is 6.61 Å². The van der Waals surface area contributed by atoms with Gasteiger partial charge in [0.1, 0.15) is 0 Å². The zero-order valence-corrected chi connectivity index (χ0v) is 7.86. The monoisotopic (exact) mass is 162 g/mol. The standard InChI is InChI=1S/C8H18OS/c1-3-8(2)9-6-4-5-7-10/h8,10H,3-7H2,1-2H3. The Labute approximate surface area is 69.6 Å². The summed E-state index contributed by atoms with van der Waals surface area (Å²) in [5.74, 6) is 0.976. The van der Waals surface area contributed by atoms with Gasteiger partial charge in [-0.3, -0.25) is 0 Å². The van der Waals surface area contributed by atoms with E-state index in [9.17, 15) is 0 Å². The molecule has 10 heavy (non-hydrogen) atoms. The van der Waals surface area contributed by atoms with Gasteiger partial charge in [-0.2, -0.15) is 12.6 Å². The predicted octanol–water partition coefficient (Wildman–Crippen LogP) is 2.51. The third kappa shape index (κ3) is 6.43. The van der Waals surface area contributed by atoms with Crippen LogP contribution in [0.15, 0.2) is 0 Å². The molecule has 0 aliphatic carbocycles. The lowest BCUT2D eigenvalue weighted by molar-refractivity contribution is 0.0618. The second kappa shape index (κ2) is 7.42. The number of rotatable bonds is 6. The molecule has 0 aromatic heterocycles. The fraction of sp³-hybridized carbons (Fsp3) is 1.00. The quantitative estimate of drug-likeness (QED) is 0.466. The Balaban J connectivity index is 2.89. The molecule has 2 heteroatoms. The van der Waals surface area contributed by atoms with E-state index in [-0.39, 0.29) is 0 Å². The minimum atomic E-state index is 0.430. The van der Waals surface area contributed by atoms with E-state index in [1.165, 1.54) is 6.42 Å². The molecule has 0 spiro atoms. The number of ether oxygens (including phenoxy) is 1. The largest absolute Gasteiger partial charge is 0.379 e. The average molecular weight is 162 g/mol.